The number of aryl methyl sites for hydroxylation is 2. The maximum atomic E-state index is 13.0. The van der Waals surface area contributed by atoms with Crippen molar-refractivity contribution in [2.24, 2.45) is 0 Å². The van der Waals surface area contributed by atoms with Crippen LogP contribution in [0.4, 0.5) is 18.9 Å². The third-order valence-corrected chi connectivity index (χ3v) is 4.92. The normalized spacial score (nSPS) is 12.4. The van der Waals surface area contributed by atoms with Crippen molar-refractivity contribution in [2.75, 3.05) is 5.32 Å². The highest BCUT2D eigenvalue weighted by Crippen LogP contribution is 2.33. The molecule has 3 rings (SSSR count). The topological polar surface area (TPSA) is 89.3 Å². The van der Waals surface area contributed by atoms with E-state index in [-0.39, 0.29) is 11.8 Å². The molecule has 0 saturated carbocycles. The van der Waals surface area contributed by atoms with Gasteiger partial charge in [-0.1, -0.05) is 6.07 Å². The van der Waals surface area contributed by atoms with E-state index in [1.54, 1.807) is 30.7 Å². The smallest absolute Gasteiger partial charge is 0.433 e. The molecule has 178 valence electrons. The minimum absolute atomic E-state index is 0.219. The Bertz CT molecular complexity index is 1160. The Balaban J connectivity index is 1.98. The summed E-state index contributed by atoms with van der Waals surface area (Å²) >= 11 is 0. The van der Waals surface area contributed by atoms with Gasteiger partial charge in [-0.15, -0.1) is 0 Å². The van der Waals surface area contributed by atoms with Crippen molar-refractivity contribution < 1.29 is 27.8 Å². The molecular formula is C23H27F3N4O3. The fraction of sp³-hybridized carbons (Fsp3) is 0.435. The maximum Gasteiger partial charge on any atom is 0.433 e. The Labute approximate surface area is 189 Å². The van der Waals surface area contributed by atoms with E-state index in [2.05, 4.69) is 15.4 Å². The molecule has 0 aliphatic heterocycles. The molecule has 0 bridgehead atoms. The van der Waals surface area contributed by atoms with E-state index in [4.69, 9.17) is 4.74 Å². The van der Waals surface area contributed by atoms with Gasteiger partial charge in [0.05, 0.1) is 22.9 Å². The maximum absolute atomic E-state index is 13.0. The van der Waals surface area contributed by atoms with Gasteiger partial charge in [-0.25, -0.2) is 4.98 Å². The van der Waals surface area contributed by atoms with Crippen LogP contribution in [0.3, 0.4) is 0 Å². The van der Waals surface area contributed by atoms with Crippen LogP contribution in [0.1, 0.15) is 56.0 Å². The van der Waals surface area contributed by atoms with Crippen LogP contribution in [0.2, 0.25) is 0 Å². The van der Waals surface area contributed by atoms with Crippen molar-refractivity contribution in [3.63, 3.8) is 0 Å². The van der Waals surface area contributed by atoms with Gasteiger partial charge in [-0.05, 0) is 59.2 Å². The molecule has 0 aliphatic carbocycles. The van der Waals surface area contributed by atoms with E-state index in [1.165, 1.54) is 6.07 Å². The van der Waals surface area contributed by atoms with Gasteiger partial charge in [-0.3, -0.25) is 9.48 Å². The molecule has 2 heterocycles. The second-order valence-electron chi connectivity index (χ2n) is 8.76. The van der Waals surface area contributed by atoms with Gasteiger partial charge in [0.15, 0.2) is 0 Å². The zero-order valence-electron chi connectivity index (χ0n) is 19.1. The van der Waals surface area contributed by atoms with Crippen molar-refractivity contribution in [2.45, 2.75) is 65.5 Å². The van der Waals surface area contributed by atoms with Crippen molar-refractivity contribution in [3.05, 3.63) is 47.4 Å². The molecule has 33 heavy (non-hydrogen) atoms. The number of hydrogen-bond acceptors (Lipinski definition) is 5. The van der Waals surface area contributed by atoms with E-state index in [1.807, 2.05) is 20.8 Å². The minimum Gasteiger partial charge on any atom is -0.489 e. The summed E-state index contributed by atoms with van der Waals surface area (Å²) in [7, 11) is 0. The molecule has 0 spiro atoms. The van der Waals surface area contributed by atoms with Gasteiger partial charge in [0.1, 0.15) is 17.1 Å². The number of aliphatic hydroxyl groups is 1. The Morgan fingerprint density at radius 1 is 1.24 bits per heavy atom. The molecule has 3 aromatic rings. The number of nitrogens with zero attached hydrogens (tertiary/aromatic N) is 3. The number of anilines is 1. The fourth-order valence-electron chi connectivity index (χ4n) is 3.24. The van der Waals surface area contributed by atoms with Gasteiger partial charge < -0.3 is 15.2 Å². The average molecular weight is 464 g/mol. The van der Waals surface area contributed by atoms with Gasteiger partial charge in [-0.2, -0.15) is 18.3 Å². The number of halogens is 3. The molecule has 1 amide bonds. The molecule has 7 nitrogen and oxygen atoms in total. The van der Waals surface area contributed by atoms with Gasteiger partial charge in [0.25, 0.3) is 5.91 Å². The number of carbonyl (C=O) groups is 1. The van der Waals surface area contributed by atoms with Crippen LogP contribution in [0.5, 0.6) is 5.75 Å². The molecule has 0 fully saturated rings. The standard InChI is InChI=1S/C23H27F3N4O3/c1-13(2)33-19-12-17-15(14(3)30(29-17)10-9-22(4,5)32)11-18(19)28-21(31)16-7-6-8-20(27-16)23(24,25)26/h6-8,11-13,32H,9-10H2,1-5H3,(H,28,31). The lowest BCUT2D eigenvalue weighted by atomic mass is 10.1. The molecular weight excluding hydrogens is 437 g/mol. The lowest BCUT2D eigenvalue weighted by Crippen LogP contribution is -2.21. The van der Waals surface area contributed by atoms with Crippen LogP contribution >= 0.6 is 0 Å². The molecule has 1 aromatic carbocycles. The van der Waals surface area contributed by atoms with Crippen molar-refractivity contribution in [1.29, 1.82) is 0 Å². The first-order valence-corrected chi connectivity index (χ1v) is 10.5. The number of pyridine rings is 1. The van der Waals surface area contributed by atoms with Crippen LogP contribution in [0.15, 0.2) is 30.3 Å². The van der Waals surface area contributed by atoms with E-state index >= 15 is 0 Å². The number of fused-ring (bicyclic) bond motifs is 1. The third-order valence-electron chi connectivity index (χ3n) is 4.92. The van der Waals surface area contributed by atoms with Crippen molar-refractivity contribution in [1.82, 2.24) is 14.8 Å². The summed E-state index contributed by atoms with van der Waals surface area (Å²) in [6, 6.07) is 6.52. The van der Waals surface area contributed by atoms with E-state index in [9.17, 15) is 23.1 Å². The first-order chi connectivity index (χ1) is 15.2. The largest absolute Gasteiger partial charge is 0.489 e. The molecule has 2 aromatic heterocycles. The van der Waals surface area contributed by atoms with Crippen LogP contribution in [0, 0.1) is 6.92 Å². The zero-order valence-corrected chi connectivity index (χ0v) is 19.1. The molecule has 2 N–H and O–H groups in total. The molecule has 0 atom stereocenters. The highest BCUT2D eigenvalue weighted by molar-refractivity contribution is 6.05. The Morgan fingerprint density at radius 2 is 1.94 bits per heavy atom. The van der Waals surface area contributed by atoms with Crippen LogP contribution in [-0.2, 0) is 12.7 Å². The van der Waals surface area contributed by atoms with Gasteiger partial charge >= 0.3 is 6.18 Å². The monoisotopic (exact) mass is 464 g/mol. The summed E-state index contributed by atoms with van der Waals surface area (Å²) in [5.74, 6) is -0.453. The third kappa shape index (κ3) is 6.01. The van der Waals surface area contributed by atoms with Crippen LogP contribution in [-0.4, -0.2) is 37.5 Å². The molecule has 0 aliphatic rings. The Kier molecular flexibility index (Phi) is 6.69. The van der Waals surface area contributed by atoms with E-state index in [0.29, 0.717) is 29.9 Å². The quantitative estimate of drug-likeness (QED) is 0.516. The lowest BCUT2D eigenvalue weighted by molar-refractivity contribution is -0.141. The summed E-state index contributed by atoms with van der Waals surface area (Å²) < 4.78 is 46.5. The highest BCUT2D eigenvalue weighted by atomic mass is 19.4. The fourth-order valence-corrected chi connectivity index (χ4v) is 3.24. The zero-order chi connectivity index (χ0) is 24.6. The van der Waals surface area contributed by atoms with E-state index < -0.39 is 23.4 Å². The van der Waals surface area contributed by atoms with Crippen LogP contribution in [0.25, 0.3) is 10.9 Å². The summed E-state index contributed by atoms with van der Waals surface area (Å²) in [6.07, 6.45) is -4.39. The second-order valence-corrected chi connectivity index (χ2v) is 8.76. The summed E-state index contributed by atoms with van der Waals surface area (Å²) in [5, 5.41) is 18.0. The predicted molar refractivity (Wildman–Crippen MR) is 118 cm³/mol. The van der Waals surface area contributed by atoms with Gasteiger partial charge in [0.2, 0.25) is 0 Å². The number of amides is 1. The number of rotatable bonds is 7. The number of nitrogens with one attached hydrogen (secondary N) is 1. The number of carbonyl (C=O) groups excluding carboxylic acids is 1. The number of hydrogen-bond donors (Lipinski definition) is 2. The summed E-state index contributed by atoms with van der Waals surface area (Å²) in [4.78, 5) is 16.2. The van der Waals surface area contributed by atoms with Gasteiger partial charge in [0, 0.05) is 23.7 Å². The molecule has 0 unspecified atom stereocenters. The molecule has 0 radical (unpaired) electrons. The first kappa shape index (κ1) is 24.5. The predicted octanol–water partition coefficient (Wildman–Crippen LogP) is 4.96. The summed E-state index contributed by atoms with van der Waals surface area (Å²) in [6.45, 7) is 9.42. The van der Waals surface area contributed by atoms with E-state index in [0.717, 1.165) is 23.2 Å². The minimum atomic E-state index is -4.66. The number of benzene rings is 1. The number of ether oxygens (including phenoxy) is 1. The Hall–Kier alpha value is -3.14. The second kappa shape index (κ2) is 9.01. The number of aromatic nitrogens is 3. The van der Waals surface area contributed by atoms with Crippen LogP contribution < -0.4 is 10.1 Å². The highest BCUT2D eigenvalue weighted by Gasteiger charge is 2.33. The first-order valence-electron chi connectivity index (χ1n) is 10.5. The lowest BCUT2D eigenvalue weighted by Gasteiger charge is -2.17. The van der Waals surface area contributed by atoms with Crippen molar-refractivity contribution >= 4 is 22.5 Å². The molecule has 0 saturated heterocycles. The Morgan fingerprint density at radius 3 is 2.55 bits per heavy atom. The molecule has 10 heteroatoms. The average Bonchev–Trinajstić information content (AvgIpc) is 3.00. The summed E-state index contributed by atoms with van der Waals surface area (Å²) in [5.41, 5.74) is -0.614. The van der Waals surface area contributed by atoms with Crippen molar-refractivity contribution in [3.8, 4) is 5.75 Å². The number of alkyl halides is 3. The SMILES string of the molecule is Cc1c2cc(NC(=O)c3cccc(C(F)(F)F)n3)c(OC(C)C)cc2nn1CCC(C)(C)O.